The largest absolute Gasteiger partial charge is 0.506 e. The minimum absolute atomic E-state index is 0.0349. The van der Waals surface area contributed by atoms with Gasteiger partial charge in [-0.3, -0.25) is 19.3 Å². The highest BCUT2D eigenvalue weighted by molar-refractivity contribution is 7.15. The highest BCUT2D eigenvalue weighted by Gasteiger charge is 2.16. The van der Waals surface area contributed by atoms with Crippen molar-refractivity contribution in [3.8, 4) is 5.75 Å². The zero-order valence-electron chi connectivity index (χ0n) is 11.3. The number of hydrogen-bond acceptors (Lipinski definition) is 6. The quantitative estimate of drug-likeness (QED) is 0.438. The Morgan fingerprint density at radius 1 is 1.50 bits per heavy atom. The zero-order valence-corrected chi connectivity index (χ0v) is 12.1. The Balaban J connectivity index is 1.90. The third-order valence-electron chi connectivity index (χ3n) is 3.06. The maximum atomic E-state index is 12.2. The molecule has 1 amide bonds. The van der Waals surface area contributed by atoms with Crippen LogP contribution in [0.5, 0.6) is 5.75 Å². The molecule has 0 radical (unpaired) electrons. The van der Waals surface area contributed by atoms with Crippen molar-refractivity contribution in [3.05, 3.63) is 51.3 Å². The molecule has 22 heavy (non-hydrogen) atoms. The van der Waals surface area contributed by atoms with Crippen molar-refractivity contribution in [1.29, 1.82) is 0 Å². The summed E-state index contributed by atoms with van der Waals surface area (Å²) in [4.78, 5) is 27.1. The SMILES string of the molecule is Cc1csc2nc(C(=O)Nc3cc([N+](=O)[O-])ccc3O)cn12. The number of imidazole rings is 1. The number of nitro groups is 1. The molecule has 9 heteroatoms. The van der Waals surface area contributed by atoms with Gasteiger partial charge in [0.25, 0.3) is 11.6 Å². The average molecular weight is 318 g/mol. The topological polar surface area (TPSA) is 110 Å². The van der Waals surface area contributed by atoms with Crippen LogP contribution in [0.1, 0.15) is 16.2 Å². The molecule has 0 aliphatic carbocycles. The van der Waals surface area contributed by atoms with Crippen molar-refractivity contribution >= 4 is 33.6 Å². The van der Waals surface area contributed by atoms with Gasteiger partial charge in [0.1, 0.15) is 11.4 Å². The fourth-order valence-electron chi connectivity index (χ4n) is 1.93. The fourth-order valence-corrected chi connectivity index (χ4v) is 2.78. The summed E-state index contributed by atoms with van der Waals surface area (Å²) in [5.74, 6) is -0.803. The first kappa shape index (κ1) is 14.0. The van der Waals surface area contributed by atoms with Crippen LogP contribution < -0.4 is 5.32 Å². The number of fused-ring (bicyclic) bond motifs is 1. The van der Waals surface area contributed by atoms with Crippen molar-refractivity contribution in [2.45, 2.75) is 6.92 Å². The molecule has 0 aliphatic rings. The van der Waals surface area contributed by atoms with Crippen LogP contribution in [0.15, 0.2) is 29.8 Å². The summed E-state index contributed by atoms with van der Waals surface area (Å²) in [7, 11) is 0. The Bertz CT molecular complexity index is 899. The summed E-state index contributed by atoms with van der Waals surface area (Å²) in [6, 6.07) is 3.40. The van der Waals surface area contributed by atoms with Gasteiger partial charge in [-0.2, -0.15) is 0 Å². The van der Waals surface area contributed by atoms with Gasteiger partial charge in [-0.15, -0.1) is 11.3 Å². The molecule has 0 unspecified atom stereocenters. The number of non-ortho nitro benzene ring substituents is 1. The van der Waals surface area contributed by atoms with Crippen molar-refractivity contribution < 1.29 is 14.8 Å². The molecule has 0 bridgehead atoms. The van der Waals surface area contributed by atoms with E-state index in [1.165, 1.54) is 11.3 Å². The number of nitrogens with zero attached hydrogens (tertiary/aromatic N) is 3. The van der Waals surface area contributed by atoms with E-state index >= 15 is 0 Å². The minimum atomic E-state index is -0.606. The maximum absolute atomic E-state index is 12.2. The van der Waals surface area contributed by atoms with Gasteiger partial charge in [0.05, 0.1) is 10.6 Å². The van der Waals surface area contributed by atoms with E-state index in [4.69, 9.17) is 0 Å². The number of carbonyl (C=O) groups excluding carboxylic acids is 1. The number of nitro benzene ring substituents is 1. The summed E-state index contributed by atoms with van der Waals surface area (Å²) < 4.78 is 1.77. The van der Waals surface area contributed by atoms with Crippen LogP contribution >= 0.6 is 11.3 Å². The second-order valence-corrected chi connectivity index (χ2v) is 5.41. The Labute approximate surface area is 127 Å². The van der Waals surface area contributed by atoms with E-state index in [1.807, 2.05) is 12.3 Å². The van der Waals surface area contributed by atoms with E-state index in [2.05, 4.69) is 10.3 Å². The van der Waals surface area contributed by atoms with Crippen LogP contribution in [-0.4, -0.2) is 25.3 Å². The number of thiazole rings is 1. The molecule has 2 N–H and O–H groups in total. The van der Waals surface area contributed by atoms with E-state index in [9.17, 15) is 20.0 Å². The van der Waals surface area contributed by atoms with Gasteiger partial charge in [-0.1, -0.05) is 0 Å². The molecule has 3 rings (SSSR count). The van der Waals surface area contributed by atoms with E-state index in [0.717, 1.165) is 23.9 Å². The molecule has 0 aliphatic heterocycles. The summed E-state index contributed by atoms with van der Waals surface area (Å²) in [5.41, 5.74) is 0.854. The molecule has 2 heterocycles. The van der Waals surface area contributed by atoms with Crippen LogP contribution in [0.4, 0.5) is 11.4 Å². The normalized spacial score (nSPS) is 10.8. The Morgan fingerprint density at radius 2 is 2.27 bits per heavy atom. The molecular weight excluding hydrogens is 308 g/mol. The van der Waals surface area contributed by atoms with Crippen molar-refractivity contribution in [1.82, 2.24) is 9.38 Å². The van der Waals surface area contributed by atoms with E-state index in [-0.39, 0.29) is 22.8 Å². The Kier molecular flexibility index (Phi) is 3.26. The van der Waals surface area contributed by atoms with Crippen LogP contribution in [-0.2, 0) is 0 Å². The highest BCUT2D eigenvalue weighted by Crippen LogP contribution is 2.28. The highest BCUT2D eigenvalue weighted by atomic mass is 32.1. The lowest BCUT2D eigenvalue weighted by molar-refractivity contribution is -0.384. The number of aromatic nitrogens is 2. The molecule has 0 atom stereocenters. The molecule has 1 aromatic carbocycles. The average Bonchev–Trinajstić information content (AvgIpc) is 3.03. The van der Waals surface area contributed by atoms with Gasteiger partial charge in [0, 0.05) is 29.4 Å². The molecule has 0 spiro atoms. The lowest BCUT2D eigenvalue weighted by Crippen LogP contribution is -2.12. The van der Waals surface area contributed by atoms with Gasteiger partial charge in [0.15, 0.2) is 4.96 Å². The van der Waals surface area contributed by atoms with Crippen molar-refractivity contribution in [3.63, 3.8) is 0 Å². The van der Waals surface area contributed by atoms with Crippen LogP contribution in [0.25, 0.3) is 4.96 Å². The molecule has 3 aromatic rings. The number of rotatable bonds is 3. The monoisotopic (exact) mass is 318 g/mol. The standard InChI is InChI=1S/C13H10N4O4S/c1-7-6-22-13-15-10(5-16(7)13)12(19)14-9-4-8(17(20)21)2-3-11(9)18/h2-6,18H,1H3,(H,14,19). The summed E-state index contributed by atoms with van der Waals surface area (Å²) >= 11 is 1.40. The predicted molar refractivity (Wildman–Crippen MR) is 80.5 cm³/mol. The number of anilines is 1. The van der Waals surface area contributed by atoms with E-state index in [0.29, 0.717) is 4.96 Å². The van der Waals surface area contributed by atoms with E-state index in [1.54, 1.807) is 10.6 Å². The molecule has 0 fully saturated rings. The molecule has 0 saturated carbocycles. The van der Waals surface area contributed by atoms with Crippen molar-refractivity contribution in [2.75, 3.05) is 5.32 Å². The fraction of sp³-hybridized carbons (Fsp3) is 0.0769. The number of nitrogens with one attached hydrogen (secondary N) is 1. The van der Waals surface area contributed by atoms with Gasteiger partial charge < -0.3 is 10.4 Å². The number of amides is 1. The molecule has 8 nitrogen and oxygen atoms in total. The van der Waals surface area contributed by atoms with E-state index < -0.39 is 10.8 Å². The third kappa shape index (κ3) is 2.37. The van der Waals surface area contributed by atoms with Gasteiger partial charge in [-0.05, 0) is 13.0 Å². The Morgan fingerprint density at radius 3 is 2.95 bits per heavy atom. The zero-order chi connectivity index (χ0) is 15.9. The second-order valence-electron chi connectivity index (χ2n) is 4.57. The van der Waals surface area contributed by atoms with Crippen LogP contribution in [0, 0.1) is 17.0 Å². The second kappa shape index (κ2) is 5.11. The van der Waals surface area contributed by atoms with Gasteiger partial charge >= 0.3 is 0 Å². The van der Waals surface area contributed by atoms with Crippen LogP contribution in [0.2, 0.25) is 0 Å². The summed E-state index contributed by atoms with van der Waals surface area (Å²) in [6.07, 6.45) is 1.57. The van der Waals surface area contributed by atoms with Crippen LogP contribution in [0.3, 0.4) is 0 Å². The number of hydrogen-bond donors (Lipinski definition) is 2. The molecule has 112 valence electrons. The predicted octanol–water partition coefficient (Wildman–Crippen LogP) is 2.57. The molecule has 2 aromatic heterocycles. The Hall–Kier alpha value is -2.94. The number of aromatic hydroxyl groups is 1. The first-order valence-corrected chi connectivity index (χ1v) is 7.05. The third-order valence-corrected chi connectivity index (χ3v) is 4.02. The first-order chi connectivity index (χ1) is 10.5. The minimum Gasteiger partial charge on any atom is -0.506 e. The number of aryl methyl sites for hydroxylation is 1. The van der Waals surface area contributed by atoms with Gasteiger partial charge in [0.2, 0.25) is 0 Å². The number of phenols is 1. The summed E-state index contributed by atoms with van der Waals surface area (Å²) in [6.45, 7) is 1.89. The first-order valence-electron chi connectivity index (χ1n) is 6.17. The van der Waals surface area contributed by atoms with Gasteiger partial charge in [-0.25, -0.2) is 4.98 Å². The van der Waals surface area contributed by atoms with Crippen molar-refractivity contribution in [2.24, 2.45) is 0 Å². The number of carbonyl (C=O) groups is 1. The lowest BCUT2D eigenvalue weighted by Gasteiger charge is -2.05. The maximum Gasteiger partial charge on any atom is 0.276 e. The molecular formula is C13H10N4O4S. The smallest absolute Gasteiger partial charge is 0.276 e. The number of benzene rings is 1. The lowest BCUT2D eigenvalue weighted by atomic mass is 10.2. The summed E-state index contributed by atoms with van der Waals surface area (Å²) in [5, 5.41) is 24.8. The molecule has 0 saturated heterocycles. The number of phenolic OH excluding ortho intramolecular Hbond substituents is 1.